The molecule has 5 heteroatoms. The van der Waals surface area contributed by atoms with Crippen LogP contribution < -0.4 is 5.32 Å². The van der Waals surface area contributed by atoms with E-state index in [9.17, 15) is 0 Å². The lowest BCUT2D eigenvalue weighted by atomic mass is 10.4. The van der Waals surface area contributed by atoms with Crippen molar-refractivity contribution >= 4 is 17.6 Å². The number of nitrogens with zero attached hydrogens (tertiary/aromatic N) is 2. The van der Waals surface area contributed by atoms with Crippen LogP contribution in [0.1, 0.15) is 31.8 Å². The molecule has 0 saturated heterocycles. The lowest BCUT2D eigenvalue weighted by Crippen LogP contribution is -2.06. The summed E-state index contributed by atoms with van der Waals surface area (Å²) in [6.45, 7) is 5.64. The quantitative estimate of drug-likeness (QED) is 0.724. The van der Waals surface area contributed by atoms with E-state index in [0.717, 1.165) is 35.4 Å². The van der Waals surface area contributed by atoms with Gasteiger partial charge in [0.15, 0.2) is 0 Å². The predicted octanol–water partition coefficient (Wildman–Crippen LogP) is 2.70. The van der Waals surface area contributed by atoms with E-state index >= 15 is 0 Å². The van der Waals surface area contributed by atoms with Gasteiger partial charge < -0.3 is 10.1 Å². The highest BCUT2D eigenvalue weighted by Crippen LogP contribution is 2.13. The van der Waals surface area contributed by atoms with Crippen LogP contribution in [0.5, 0.6) is 0 Å². The maximum Gasteiger partial charge on any atom is 0.140 e. The third-order valence-corrected chi connectivity index (χ3v) is 3.21. The third-order valence-electron chi connectivity index (χ3n) is 2.06. The summed E-state index contributed by atoms with van der Waals surface area (Å²) in [7, 11) is 1.68. The van der Waals surface area contributed by atoms with Gasteiger partial charge in [0.25, 0.3) is 0 Å². The minimum Gasteiger partial charge on any atom is -0.378 e. The molecule has 0 amide bonds. The second kappa shape index (κ2) is 8.31. The number of ether oxygens (including phenoxy) is 1. The van der Waals surface area contributed by atoms with Crippen LogP contribution in [-0.4, -0.2) is 29.4 Å². The summed E-state index contributed by atoms with van der Waals surface area (Å²) < 4.78 is 5.12. The van der Waals surface area contributed by atoms with Crippen LogP contribution in [0.4, 0.5) is 5.82 Å². The van der Waals surface area contributed by atoms with Crippen molar-refractivity contribution in [3.05, 3.63) is 17.6 Å². The van der Waals surface area contributed by atoms with E-state index < -0.39 is 0 Å². The minimum absolute atomic E-state index is 0.534. The van der Waals surface area contributed by atoms with Gasteiger partial charge >= 0.3 is 0 Å². The van der Waals surface area contributed by atoms with Crippen LogP contribution in [0, 0.1) is 0 Å². The van der Waals surface area contributed by atoms with Crippen molar-refractivity contribution in [3.8, 4) is 0 Å². The summed E-state index contributed by atoms with van der Waals surface area (Å²) >= 11 is 1.87. The summed E-state index contributed by atoms with van der Waals surface area (Å²) in [5.41, 5.74) is 0.936. The maximum atomic E-state index is 5.12. The smallest absolute Gasteiger partial charge is 0.140 e. The maximum absolute atomic E-state index is 5.12. The van der Waals surface area contributed by atoms with E-state index in [2.05, 4.69) is 29.1 Å². The first-order valence-electron chi connectivity index (χ1n) is 5.97. The average Bonchev–Trinajstić information content (AvgIpc) is 2.30. The van der Waals surface area contributed by atoms with Gasteiger partial charge in [-0.05, 0) is 19.1 Å². The van der Waals surface area contributed by atoms with Gasteiger partial charge in [-0.15, -0.1) is 0 Å². The number of hydrogen-bond acceptors (Lipinski definition) is 5. The van der Waals surface area contributed by atoms with Crippen LogP contribution >= 0.6 is 11.8 Å². The minimum atomic E-state index is 0.534. The van der Waals surface area contributed by atoms with Gasteiger partial charge in [0, 0.05) is 19.7 Å². The molecule has 0 radical (unpaired) electrons. The Hall–Kier alpha value is -0.810. The number of thioether (sulfide) groups is 1. The van der Waals surface area contributed by atoms with Crippen molar-refractivity contribution in [2.75, 3.05) is 24.7 Å². The van der Waals surface area contributed by atoms with Crippen molar-refractivity contribution in [1.82, 2.24) is 9.97 Å². The van der Waals surface area contributed by atoms with Crippen LogP contribution in [0.3, 0.4) is 0 Å². The fraction of sp³-hybridized carbons (Fsp3) is 0.667. The third kappa shape index (κ3) is 5.37. The molecule has 1 aromatic heterocycles. The molecular weight excluding hydrogens is 234 g/mol. The molecule has 0 unspecified atom stereocenters. The molecule has 0 atom stereocenters. The van der Waals surface area contributed by atoms with E-state index in [-0.39, 0.29) is 0 Å². The van der Waals surface area contributed by atoms with E-state index in [1.807, 2.05) is 17.8 Å². The van der Waals surface area contributed by atoms with Crippen LogP contribution in [0.15, 0.2) is 6.07 Å². The largest absolute Gasteiger partial charge is 0.378 e. The standard InChI is InChI=1S/C12H21N3OS/c1-4-6-17-9-12-14-10(8-16-3)7-11(15-12)13-5-2/h7H,4-6,8-9H2,1-3H3,(H,13,14,15). The number of rotatable bonds is 8. The fourth-order valence-corrected chi connectivity index (χ4v) is 2.16. The second-order valence-electron chi connectivity index (χ2n) is 3.68. The van der Waals surface area contributed by atoms with Gasteiger partial charge in [-0.3, -0.25) is 0 Å². The zero-order chi connectivity index (χ0) is 12.5. The molecule has 4 nitrogen and oxygen atoms in total. The molecule has 1 N–H and O–H groups in total. The molecule has 0 aliphatic rings. The Morgan fingerprint density at radius 2 is 2.18 bits per heavy atom. The van der Waals surface area contributed by atoms with Gasteiger partial charge in [-0.1, -0.05) is 6.92 Å². The normalized spacial score (nSPS) is 10.5. The monoisotopic (exact) mass is 255 g/mol. The van der Waals surface area contributed by atoms with E-state index in [1.54, 1.807) is 7.11 Å². The average molecular weight is 255 g/mol. The van der Waals surface area contributed by atoms with Crippen LogP contribution in [-0.2, 0) is 17.1 Å². The Morgan fingerprint density at radius 3 is 2.82 bits per heavy atom. The second-order valence-corrected chi connectivity index (χ2v) is 4.78. The topological polar surface area (TPSA) is 47.0 Å². The number of anilines is 1. The summed E-state index contributed by atoms with van der Waals surface area (Å²) in [5, 5.41) is 3.22. The molecule has 0 spiro atoms. The summed E-state index contributed by atoms with van der Waals surface area (Å²) in [4.78, 5) is 8.96. The Kier molecular flexibility index (Phi) is 6.96. The van der Waals surface area contributed by atoms with E-state index in [1.165, 1.54) is 6.42 Å². The van der Waals surface area contributed by atoms with Gasteiger partial charge in [0.2, 0.25) is 0 Å². The summed E-state index contributed by atoms with van der Waals surface area (Å²) in [6.07, 6.45) is 1.18. The highest BCUT2D eigenvalue weighted by Gasteiger charge is 2.04. The Morgan fingerprint density at radius 1 is 1.35 bits per heavy atom. The number of hydrogen-bond donors (Lipinski definition) is 1. The number of aromatic nitrogens is 2. The first kappa shape index (κ1) is 14.3. The summed E-state index contributed by atoms with van der Waals surface area (Å²) in [6, 6.07) is 1.95. The molecule has 96 valence electrons. The summed E-state index contributed by atoms with van der Waals surface area (Å²) in [5.74, 6) is 3.79. The van der Waals surface area contributed by atoms with Crippen molar-refractivity contribution < 1.29 is 4.74 Å². The zero-order valence-corrected chi connectivity index (χ0v) is 11.6. The molecule has 0 fully saturated rings. The van der Waals surface area contributed by atoms with Gasteiger partial charge in [0.05, 0.1) is 18.1 Å². The van der Waals surface area contributed by atoms with Gasteiger partial charge in [0.1, 0.15) is 11.6 Å². The van der Waals surface area contributed by atoms with Crippen molar-refractivity contribution in [1.29, 1.82) is 0 Å². The molecule has 0 aromatic carbocycles. The van der Waals surface area contributed by atoms with E-state index in [0.29, 0.717) is 6.61 Å². The lowest BCUT2D eigenvalue weighted by molar-refractivity contribution is 0.181. The Bertz CT molecular complexity index is 309. The molecule has 17 heavy (non-hydrogen) atoms. The van der Waals surface area contributed by atoms with Crippen LogP contribution in [0.2, 0.25) is 0 Å². The van der Waals surface area contributed by atoms with Gasteiger partial charge in [-0.25, -0.2) is 9.97 Å². The molecule has 0 aliphatic heterocycles. The highest BCUT2D eigenvalue weighted by molar-refractivity contribution is 7.98. The van der Waals surface area contributed by atoms with Crippen molar-refractivity contribution in [3.63, 3.8) is 0 Å². The predicted molar refractivity (Wildman–Crippen MR) is 73.4 cm³/mol. The number of methoxy groups -OCH3 is 1. The molecular formula is C12H21N3OS. The Labute approximate surface area is 108 Å². The van der Waals surface area contributed by atoms with E-state index in [4.69, 9.17) is 4.74 Å². The van der Waals surface area contributed by atoms with Gasteiger partial charge in [-0.2, -0.15) is 11.8 Å². The SMILES string of the molecule is CCCSCc1nc(COC)cc(NCC)n1. The molecule has 0 saturated carbocycles. The highest BCUT2D eigenvalue weighted by atomic mass is 32.2. The van der Waals surface area contributed by atoms with Crippen LogP contribution in [0.25, 0.3) is 0 Å². The first-order valence-corrected chi connectivity index (χ1v) is 7.13. The molecule has 0 bridgehead atoms. The molecule has 0 aliphatic carbocycles. The Balaban J connectivity index is 2.72. The molecule has 1 rings (SSSR count). The first-order chi connectivity index (χ1) is 8.30. The lowest BCUT2D eigenvalue weighted by Gasteiger charge is -2.08. The zero-order valence-electron chi connectivity index (χ0n) is 10.8. The fourth-order valence-electron chi connectivity index (χ4n) is 1.42. The van der Waals surface area contributed by atoms with Crippen molar-refractivity contribution in [2.45, 2.75) is 32.6 Å². The molecule has 1 heterocycles. The van der Waals surface area contributed by atoms with Crippen molar-refractivity contribution in [2.24, 2.45) is 0 Å². The number of nitrogens with one attached hydrogen (secondary N) is 1. The molecule has 1 aromatic rings.